The Balaban J connectivity index is 1.64. The molecular formula is C19H26ClN3OS. The molecule has 136 valence electrons. The van der Waals surface area contributed by atoms with Crippen molar-refractivity contribution in [3.8, 4) is 0 Å². The number of benzene rings is 2. The van der Waals surface area contributed by atoms with Crippen molar-refractivity contribution in [2.75, 3.05) is 42.6 Å². The van der Waals surface area contributed by atoms with E-state index in [0.29, 0.717) is 13.1 Å². The molecular weight excluding hydrogens is 354 g/mol. The molecule has 2 aromatic carbocycles. The van der Waals surface area contributed by atoms with Crippen LogP contribution >= 0.6 is 23.5 Å². The SMILES string of the molecule is CSN(C)c1ccc(NCC(O)CNCCc2cccc(Cl)c2)cc1. The molecule has 0 bridgehead atoms. The summed E-state index contributed by atoms with van der Waals surface area (Å²) in [4.78, 5) is 0. The molecule has 0 heterocycles. The van der Waals surface area contributed by atoms with Crippen LogP contribution in [-0.4, -0.2) is 44.1 Å². The van der Waals surface area contributed by atoms with Crippen LogP contribution in [0.15, 0.2) is 48.5 Å². The summed E-state index contributed by atoms with van der Waals surface area (Å²) in [6.45, 7) is 1.88. The third kappa shape index (κ3) is 7.16. The number of anilines is 2. The van der Waals surface area contributed by atoms with E-state index in [1.165, 1.54) is 5.56 Å². The minimum atomic E-state index is -0.437. The molecule has 0 fully saturated rings. The van der Waals surface area contributed by atoms with Crippen LogP contribution in [0.1, 0.15) is 5.56 Å². The third-order valence-corrected chi connectivity index (χ3v) is 4.90. The zero-order valence-corrected chi connectivity index (χ0v) is 16.3. The van der Waals surface area contributed by atoms with Crippen LogP contribution in [0.4, 0.5) is 11.4 Å². The van der Waals surface area contributed by atoms with Crippen LogP contribution in [0.25, 0.3) is 0 Å². The quantitative estimate of drug-likeness (QED) is 0.434. The summed E-state index contributed by atoms with van der Waals surface area (Å²) in [7, 11) is 2.03. The average molecular weight is 380 g/mol. The lowest BCUT2D eigenvalue weighted by molar-refractivity contribution is 0.184. The van der Waals surface area contributed by atoms with Crippen molar-refractivity contribution in [3.63, 3.8) is 0 Å². The van der Waals surface area contributed by atoms with E-state index in [1.807, 2.05) is 43.6 Å². The smallest absolute Gasteiger partial charge is 0.0836 e. The Morgan fingerprint density at radius 1 is 1.16 bits per heavy atom. The summed E-state index contributed by atoms with van der Waals surface area (Å²) in [6.07, 6.45) is 2.50. The molecule has 0 aliphatic heterocycles. The van der Waals surface area contributed by atoms with Gasteiger partial charge in [0.05, 0.1) is 6.10 Å². The molecule has 1 unspecified atom stereocenters. The number of hydrogen-bond donors (Lipinski definition) is 3. The van der Waals surface area contributed by atoms with E-state index in [1.54, 1.807) is 11.9 Å². The van der Waals surface area contributed by atoms with E-state index in [0.717, 1.165) is 29.4 Å². The van der Waals surface area contributed by atoms with Crippen LogP contribution in [-0.2, 0) is 6.42 Å². The monoisotopic (exact) mass is 379 g/mol. The first-order chi connectivity index (χ1) is 12.1. The molecule has 0 amide bonds. The van der Waals surface area contributed by atoms with Crippen LogP contribution in [0.5, 0.6) is 0 Å². The van der Waals surface area contributed by atoms with E-state index >= 15 is 0 Å². The van der Waals surface area contributed by atoms with Gasteiger partial charge in [-0.15, -0.1) is 0 Å². The Hall–Kier alpha value is -1.40. The van der Waals surface area contributed by atoms with Gasteiger partial charge in [-0.2, -0.15) is 0 Å². The molecule has 0 saturated heterocycles. The van der Waals surface area contributed by atoms with Gasteiger partial charge in [0.1, 0.15) is 0 Å². The van der Waals surface area contributed by atoms with Crippen molar-refractivity contribution in [2.45, 2.75) is 12.5 Å². The van der Waals surface area contributed by atoms with Crippen molar-refractivity contribution in [1.29, 1.82) is 0 Å². The van der Waals surface area contributed by atoms with Crippen molar-refractivity contribution in [3.05, 3.63) is 59.1 Å². The predicted octanol–water partition coefficient (Wildman–Crippen LogP) is 3.66. The first-order valence-electron chi connectivity index (χ1n) is 8.33. The lowest BCUT2D eigenvalue weighted by Crippen LogP contribution is -2.33. The number of aliphatic hydroxyl groups is 1. The standard InChI is InChI=1S/C19H26ClN3OS/c1-23(25-2)18-8-6-17(7-9-18)22-14-19(24)13-21-11-10-15-4-3-5-16(20)12-15/h3-9,12,19,21-22,24H,10-11,13-14H2,1-2H3. The van der Waals surface area contributed by atoms with Crippen LogP contribution in [0.2, 0.25) is 5.02 Å². The summed E-state index contributed by atoms with van der Waals surface area (Å²) in [5, 5.41) is 17.4. The topological polar surface area (TPSA) is 47.5 Å². The number of halogens is 1. The Labute approximate surface area is 159 Å². The second kappa shape index (κ2) is 10.6. The Morgan fingerprint density at radius 2 is 1.92 bits per heavy atom. The zero-order valence-electron chi connectivity index (χ0n) is 14.7. The number of nitrogens with zero attached hydrogens (tertiary/aromatic N) is 1. The fraction of sp³-hybridized carbons (Fsp3) is 0.368. The summed E-state index contributed by atoms with van der Waals surface area (Å²) >= 11 is 7.64. The summed E-state index contributed by atoms with van der Waals surface area (Å²) in [6, 6.07) is 16.0. The lowest BCUT2D eigenvalue weighted by Gasteiger charge is -2.17. The number of hydrogen-bond acceptors (Lipinski definition) is 5. The van der Waals surface area contributed by atoms with Crippen molar-refractivity contribution in [1.82, 2.24) is 5.32 Å². The van der Waals surface area contributed by atoms with Crippen LogP contribution in [0, 0.1) is 0 Å². The van der Waals surface area contributed by atoms with Crippen LogP contribution < -0.4 is 14.9 Å². The van der Waals surface area contributed by atoms with Gasteiger partial charge in [0, 0.05) is 42.8 Å². The lowest BCUT2D eigenvalue weighted by atomic mass is 10.1. The maximum Gasteiger partial charge on any atom is 0.0836 e. The first-order valence-corrected chi connectivity index (χ1v) is 9.89. The molecule has 1 atom stereocenters. The van der Waals surface area contributed by atoms with Crippen molar-refractivity contribution in [2.24, 2.45) is 0 Å². The van der Waals surface area contributed by atoms with E-state index in [9.17, 15) is 5.11 Å². The number of nitrogens with one attached hydrogen (secondary N) is 2. The van der Waals surface area contributed by atoms with E-state index in [4.69, 9.17) is 11.6 Å². The molecule has 0 aliphatic carbocycles. The molecule has 0 saturated carbocycles. The Kier molecular flexibility index (Phi) is 8.41. The average Bonchev–Trinajstić information content (AvgIpc) is 2.63. The van der Waals surface area contributed by atoms with Gasteiger partial charge in [0.2, 0.25) is 0 Å². The first kappa shape index (κ1) is 19.9. The molecule has 0 spiro atoms. The fourth-order valence-electron chi connectivity index (χ4n) is 2.40. The summed E-state index contributed by atoms with van der Waals surface area (Å²) in [5.74, 6) is 0. The second-order valence-electron chi connectivity index (χ2n) is 5.85. The molecule has 2 aromatic rings. The minimum Gasteiger partial charge on any atom is -0.390 e. The van der Waals surface area contributed by atoms with Crippen molar-refractivity contribution >= 4 is 34.9 Å². The van der Waals surface area contributed by atoms with Gasteiger partial charge in [0.15, 0.2) is 0 Å². The van der Waals surface area contributed by atoms with Crippen LogP contribution in [0.3, 0.4) is 0 Å². The van der Waals surface area contributed by atoms with Gasteiger partial charge in [-0.05, 0) is 54.9 Å². The highest BCUT2D eigenvalue weighted by Crippen LogP contribution is 2.20. The predicted molar refractivity (Wildman–Crippen MR) is 111 cm³/mol. The molecule has 6 heteroatoms. The summed E-state index contributed by atoms with van der Waals surface area (Å²) < 4.78 is 2.10. The van der Waals surface area contributed by atoms with Gasteiger partial charge in [-0.25, -0.2) is 0 Å². The van der Waals surface area contributed by atoms with Gasteiger partial charge >= 0.3 is 0 Å². The molecule has 4 nitrogen and oxygen atoms in total. The fourth-order valence-corrected chi connectivity index (χ4v) is 2.94. The third-order valence-electron chi connectivity index (χ3n) is 3.91. The molecule has 0 radical (unpaired) electrons. The molecule has 3 N–H and O–H groups in total. The summed E-state index contributed by atoms with van der Waals surface area (Å²) in [5.41, 5.74) is 3.36. The van der Waals surface area contributed by atoms with Gasteiger partial charge in [-0.1, -0.05) is 35.7 Å². The van der Waals surface area contributed by atoms with Gasteiger partial charge in [0.25, 0.3) is 0 Å². The second-order valence-corrected chi connectivity index (χ2v) is 7.19. The highest BCUT2D eigenvalue weighted by atomic mass is 35.5. The normalized spacial score (nSPS) is 12.0. The molecule has 2 rings (SSSR count). The van der Waals surface area contributed by atoms with Crippen molar-refractivity contribution < 1.29 is 5.11 Å². The Bertz CT molecular complexity index is 639. The van der Waals surface area contributed by atoms with E-state index in [2.05, 4.69) is 33.1 Å². The zero-order chi connectivity index (χ0) is 18.1. The highest BCUT2D eigenvalue weighted by Gasteiger charge is 2.04. The number of rotatable bonds is 10. The highest BCUT2D eigenvalue weighted by molar-refractivity contribution is 7.99. The molecule has 0 aliphatic rings. The molecule has 25 heavy (non-hydrogen) atoms. The van der Waals surface area contributed by atoms with E-state index < -0.39 is 6.10 Å². The maximum absolute atomic E-state index is 10.1. The largest absolute Gasteiger partial charge is 0.390 e. The van der Waals surface area contributed by atoms with Gasteiger partial charge < -0.3 is 20.0 Å². The number of aliphatic hydroxyl groups excluding tert-OH is 1. The van der Waals surface area contributed by atoms with Gasteiger partial charge in [-0.3, -0.25) is 0 Å². The molecule has 0 aromatic heterocycles. The Morgan fingerprint density at radius 3 is 2.60 bits per heavy atom. The van der Waals surface area contributed by atoms with E-state index in [-0.39, 0.29) is 0 Å². The minimum absolute atomic E-state index is 0.437. The maximum atomic E-state index is 10.1.